The minimum absolute atomic E-state index is 0.609. The maximum atomic E-state index is 6.13. The number of hydrogen-bond acceptors (Lipinski definition) is 3. The van der Waals surface area contributed by atoms with Crippen LogP contribution in [0.3, 0.4) is 0 Å². The fraction of sp³-hybridized carbons (Fsp3) is 0.333. The van der Waals surface area contributed by atoms with Gasteiger partial charge in [-0.05, 0) is 87.8 Å². The zero-order valence-corrected chi connectivity index (χ0v) is 18.2. The maximum Gasteiger partial charge on any atom is 0.174 e. The number of ether oxygens (including phenoxy) is 2. The van der Waals surface area contributed by atoms with Crippen molar-refractivity contribution in [1.29, 1.82) is 0 Å². The summed E-state index contributed by atoms with van der Waals surface area (Å²) < 4.78 is 13.5. The number of benzene rings is 2. The molecule has 0 aromatic heterocycles. The first kappa shape index (κ1) is 19.7. The van der Waals surface area contributed by atoms with Gasteiger partial charge < -0.3 is 14.8 Å². The summed E-state index contributed by atoms with van der Waals surface area (Å²) in [6.07, 6.45) is 0.968. The van der Waals surface area contributed by atoms with Crippen molar-refractivity contribution in [3.8, 4) is 11.5 Å². The molecule has 24 heavy (non-hydrogen) atoms. The van der Waals surface area contributed by atoms with Gasteiger partial charge in [0.25, 0.3) is 0 Å². The van der Waals surface area contributed by atoms with Gasteiger partial charge in [-0.3, -0.25) is 0 Å². The zero-order chi connectivity index (χ0) is 17.5. The van der Waals surface area contributed by atoms with Gasteiger partial charge in [-0.15, -0.1) is 0 Å². The van der Waals surface area contributed by atoms with Crippen molar-refractivity contribution in [2.45, 2.75) is 26.8 Å². The Kier molecular flexibility index (Phi) is 7.97. The first-order chi connectivity index (χ1) is 11.5. The van der Waals surface area contributed by atoms with Crippen molar-refractivity contribution in [3.63, 3.8) is 0 Å². The Morgan fingerprint density at radius 1 is 1.17 bits per heavy atom. The Morgan fingerprint density at radius 3 is 2.62 bits per heavy atom. The highest BCUT2D eigenvalue weighted by Gasteiger charge is 2.12. The summed E-state index contributed by atoms with van der Waals surface area (Å²) in [6, 6.07) is 9.97. The molecular formula is C18H20BrClINO2. The average molecular weight is 525 g/mol. The van der Waals surface area contributed by atoms with E-state index in [1.807, 2.05) is 31.2 Å². The van der Waals surface area contributed by atoms with Crippen LogP contribution < -0.4 is 14.8 Å². The molecule has 0 aliphatic heterocycles. The first-order valence-corrected chi connectivity index (χ1v) is 10.1. The fourth-order valence-electron chi connectivity index (χ4n) is 2.14. The summed E-state index contributed by atoms with van der Waals surface area (Å²) in [5.41, 5.74) is 2.10. The zero-order valence-electron chi connectivity index (χ0n) is 13.7. The van der Waals surface area contributed by atoms with Crippen LogP contribution in [0.15, 0.2) is 34.8 Å². The monoisotopic (exact) mass is 523 g/mol. The van der Waals surface area contributed by atoms with Crippen LogP contribution in [-0.2, 0) is 6.54 Å². The van der Waals surface area contributed by atoms with E-state index in [0.717, 1.165) is 37.2 Å². The van der Waals surface area contributed by atoms with E-state index >= 15 is 0 Å². The highest BCUT2D eigenvalue weighted by molar-refractivity contribution is 14.1. The Labute approximate surface area is 170 Å². The summed E-state index contributed by atoms with van der Waals surface area (Å²) >= 11 is 11.8. The van der Waals surface area contributed by atoms with E-state index < -0.39 is 0 Å². The first-order valence-electron chi connectivity index (χ1n) is 7.82. The molecule has 0 fully saturated rings. The lowest BCUT2D eigenvalue weighted by atomic mass is 10.2. The molecule has 0 amide bonds. The predicted molar refractivity (Wildman–Crippen MR) is 113 cm³/mol. The Bertz CT molecular complexity index is 697. The fourth-order valence-corrected chi connectivity index (χ4v) is 3.39. The molecule has 0 aliphatic rings. The second-order valence-electron chi connectivity index (χ2n) is 5.17. The van der Waals surface area contributed by atoms with Crippen LogP contribution in [0.5, 0.6) is 11.5 Å². The lowest BCUT2D eigenvalue weighted by Gasteiger charge is -2.16. The largest absolute Gasteiger partial charge is 0.490 e. The van der Waals surface area contributed by atoms with E-state index in [4.69, 9.17) is 21.1 Å². The molecular weight excluding hydrogens is 504 g/mol. The van der Waals surface area contributed by atoms with Crippen LogP contribution in [0.1, 0.15) is 25.8 Å². The molecule has 2 rings (SSSR count). The number of rotatable bonds is 8. The van der Waals surface area contributed by atoms with E-state index in [1.165, 1.54) is 0 Å². The molecule has 130 valence electrons. The second-order valence-corrected chi connectivity index (χ2v) is 7.59. The van der Waals surface area contributed by atoms with Gasteiger partial charge in [0.1, 0.15) is 0 Å². The SMILES string of the molecule is CCCOc1c(I)cc(CNc2ccc(Br)c(Cl)c2)cc1OCC. The number of hydrogen-bond donors (Lipinski definition) is 1. The van der Waals surface area contributed by atoms with Crippen molar-refractivity contribution in [1.82, 2.24) is 0 Å². The third-order valence-electron chi connectivity index (χ3n) is 3.24. The molecule has 0 radical (unpaired) electrons. The van der Waals surface area contributed by atoms with Crippen molar-refractivity contribution < 1.29 is 9.47 Å². The molecule has 2 aromatic rings. The molecule has 0 spiro atoms. The molecule has 0 heterocycles. The Hall–Kier alpha value is -0.660. The highest BCUT2D eigenvalue weighted by atomic mass is 127. The smallest absolute Gasteiger partial charge is 0.174 e. The molecule has 0 unspecified atom stereocenters. The molecule has 0 bridgehead atoms. The van der Waals surface area contributed by atoms with Crippen molar-refractivity contribution in [2.24, 2.45) is 0 Å². The average Bonchev–Trinajstić information content (AvgIpc) is 2.55. The van der Waals surface area contributed by atoms with Crippen LogP contribution in [0, 0.1) is 3.57 Å². The molecule has 0 saturated heterocycles. The van der Waals surface area contributed by atoms with Crippen LogP contribution in [0.4, 0.5) is 5.69 Å². The van der Waals surface area contributed by atoms with Crippen LogP contribution in [-0.4, -0.2) is 13.2 Å². The summed E-state index contributed by atoms with van der Waals surface area (Å²) in [7, 11) is 0. The van der Waals surface area contributed by atoms with Crippen molar-refractivity contribution in [3.05, 3.63) is 49.0 Å². The predicted octanol–water partition coefficient (Wildman–Crippen LogP) is 6.51. The lowest BCUT2D eigenvalue weighted by Crippen LogP contribution is -2.05. The lowest BCUT2D eigenvalue weighted by molar-refractivity contribution is 0.275. The summed E-state index contributed by atoms with van der Waals surface area (Å²) in [5.74, 6) is 1.62. The van der Waals surface area contributed by atoms with Crippen LogP contribution in [0.2, 0.25) is 5.02 Å². The third kappa shape index (κ3) is 5.43. The van der Waals surface area contributed by atoms with Gasteiger partial charge >= 0.3 is 0 Å². The van der Waals surface area contributed by atoms with E-state index in [1.54, 1.807) is 0 Å². The van der Waals surface area contributed by atoms with Gasteiger partial charge in [0, 0.05) is 16.7 Å². The van der Waals surface area contributed by atoms with Gasteiger partial charge in [0.15, 0.2) is 11.5 Å². The van der Waals surface area contributed by atoms with E-state index in [2.05, 4.69) is 56.8 Å². The van der Waals surface area contributed by atoms with E-state index in [0.29, 0.717) is 24.8 Å². The van der Waals surface area contributed by atoms with Crippen LogP contribution in [0.25, 0.3) is 0 Å². The van der Waals surface area contributed by atoms with E-state index in [-0.39, 0.29) is 0 Å². The van der Waals surface area contributed by atoms with Gasteiger partial charge in [0.2, 0.25) is 0 Å². The van der Waals surface area contributed by atoms with Gasteiger partial charge in [-0.1, -0.05) is 18.5 Å². The van der Waals surface area contributed by atoms with Crippen LogP contribution >= 0.6 is 50.1 Å². The highest BCUT2D eigenvalue weighted by Crippen LogP contribution is 2.35. The van der Waals surface area contributed by atoms with Gasteiger partial charge in [-0.25, -0.2) is 0 Å². The molecule has 3 nitrogen and oxygen atoms in total. The topological polar surface area (TPSA) is 30.5 Å². The Balaban J connectivity index is 2.16. The van der Waals surface area contributed by atoms with Crippen molar-refractivity contribution >= 4 is 55.8 Å². The third-order valence-corrected chi connectivity index (χ3v) is 5.27. The number of nitrogens with one attached hydrogen (secondary N) is 1. The minimum atomic E-state index is 0.609. The van der Waals surface area contributed by atoms with Crippen molar-refractivity contribution in [2.75, 3.05) is 18.5 Å². The maximum absolute atomic E-state index is 6.13. The normalized spacial score (nSPS) is 10.5. The molecule has 0 atom stereocenters. The standard InChI is InChI=1S/C18H20BrClINO2/c1-3-7-24-18-16(21)8-12(9-17(18)23-4-2)11-22-13-5-6-14(19)15(20)10-13/h5-6,8-10,22H,3-4,7,11H2,1-2H3. The summed E-state index contributed by atoms with van der Waals surface area (Å²) in [5, 5.41) is 4.07. The van der Waals surface area contributed by atoms with Gasteiger partial charge in [0.05, 0.1) is 21.8 Å². The quantitative estimate of drug-likeness (QED) is 0.400. The Morgan fingerprint density at radius 2 is 1.96 bits per heavy atom. The molecule has 0 aliphatic carbocycles. The minimum Gasteiger partial charge on any atom is -0.490 e. The summed E-state index contributed by atoms with van der Waals surface area (Å²) in [4.78, 5) is 0. The number of anilines is 1. The second kappa shape index (κ2) is 9.73. The van der Waals surface area contributed by atoms with Gasteiger partial charge in [-0.2, -0.15) is 0 Å². The van der Waals surface area contributed by atoms with E-state index in [9.17, 15) is 0 Å². The number of halogens is 3. The molecule has 2 aromatic carbocycles. The molecule has 0 saturated carbocycles. The summed E-state index contributed by atoms with van der Waals surface area (Å²) in [6.45, 7) is 6.05. The molecule has 1 N–H and O–H groups in total. The molecule has 6 heteroatoms.